The minimum Gasteiger partial charge on any atom is -0.388 e. The van der Waals surface area contributed by atoms with Gasteiger partial charge in [0.25, 0.3) is 0 Å². The third-order valence-electron chi connectivity index (χ3n) is 1.46. The van der Waals surface area contributed by atoms with E-state index in [2.05, 4.69) is 11.6 Å². The van der Waals surface area contributed by atoms with Gasteiger partial charge in [-0.15, -0.1) is 6.58 Å². The van der Waals surface area contributed by atoms with Gasteiger partial charge in [0.05, 0.1) is 6.10 Å². The SMILES string of the molecule is C=CC[C@H](O)c1cccnc1. The van der Waals surface area contributed by atoms with Crippen LogP contribution in [-0.4, -0.2) is 10.1 Å². The maximum Gasteiger partial charge on any atom is 0.0839 e. The van der Waals surface area contributed by atoms with Crippen molar-refractivity contribution in [3.63, 3.8) is 0 Å². The van der Waals surface area contributed by atoms with E-state index in [9.17, 15) is 5.11 Å². The number of rotatable bonds is 3. The Morgan fingerprint density at radius 2 is 2.55 bits per heavy atom. The van der Waals surface area contributed by atoms with Crippen molar-refractivity contribution in [2.45, 2.75) is 12.5 Å². The summed E-state index contributed by atoms with van der Waals surface area (Å²) in [7, 11) is 0. The number of aliphatic hydroxyl groups is 1. The number of aliphatic hydroxyl groups excluding tert-OH is 1. The summed E-state index contributed by atoms with van der Waals surface area (Å²) in [6.45, 7) is 3.55. The maximum atomic E-state index is 9.41. The van der Waals surface area contributed by atoms with Crippen LogP contribution in [0.1, 0.15) is 18.1 Å². The highest BCUT2D eigenvalue weighted by atomic mass is 16.3. The zero-order valence-corrected chi connectivity index (χ0v) is 6.27. The summed E-state index contributed by atoms with van der Waals surface area (Å²) in [6.07, 6.45) is 5.16. The second-order valence-electron chi connectivity index (χ2n) is 2.33. The van der Waals surface area contributed by atoms with Gasteiger partial charge in [0, 0.05) is 12.4 Å². The second kappa shape index (κ2) is 3.88. The van der Waals surface area contributed by atoms with Gasteiger partial charge in [-0.3, -0.25) is 4.98 Å². The fourth-order valence-electron chi connectivity index (χ4n) is 0.867. The first kappa shape index (κ1) is 7.95. The van der Waals surface area contributed by atoms with E-state index >= 15 is 0 Å². The summed E-state index contributed by atoms with van der Waals surface area (Å²) in [5.41, 5.74) is 0.840. The molecule has 58 valence electrons. The quantitative estimate of drug-likeness (QED) is 0.663. The smallest absolute Gasteiger partial charge is 0.0839 e. The van der Waals surface area contributed by atoms with E-state index in [-0.39, 0.29) is 0 Å². The van der Waals surface area contributed by atoms with Crippen molar-refractivity contribution in [1.82, 2.24) is 4.98 Å². The molecule has 0 aliphatic rings. The summed E-state index contributed by atoms with van der Waals surface area (Å²) < 4.78 is 0. The van der Waals surface area contributed by atoms with Crippen LogP contribution in [0.25, 0.3) is 0 Å². The van der Waals surface area contributed by atoms with Crippen LogP contribution < -0.4 is 0 Å². The number of hydrogen-bond donors (Lipinski definition) is 1. The van der Waals surface area contributed by atoms with Crippen LogP contribution in [0.4, 0.5) is 0 Å². The van der Waals surface area contributed by atoms with Gasteiger partial charge in [0.2, 0.25) is 0 Å². The molecule has 1 aromatic rings. The van der Waals surface area contributed by atoms with Crippen molar-refractivity contribution in [3.05, 3.63) is 42.7 Å². The lowest BCUT2D eigenvalue weighted by atomic mass is 10.1. The van der Waals surface area contributed by atoms with E-state index in [0.717, 1.165) is 5.56 Å². The Morgan fingerprint density at radius 3 is 3.09 bits per heavy atom. The van der Waals surface area contributed by atoms with Crippen molar-refractivity contribution in [3.8, 4) is 0 Å². The number of aromatic nitrogens is 1. The summed E-state index contributed by atoms with van der Waals surface area (Å²) in [4.78, 5) is 3.89. The number of hydrogen-bond acceptors (Lipinski definition) is 2. The van der Waals surface area contributed by atoms with E-state index in [1.807, 2.05) is 12.1 Å². The fraction of sp³-hybridized carbons (Fsp3) is 0.222. The summed E-state index contributed by atoms with van der Waals surface area (Å²) >= 11 is 0. The molecular formula is C9H11NO. The van der Waals surface area contributed by atoms with Gasteiger partial charge in [0.15, 0.2) is 0 Å². The van der Waals surface area contributed by atoms with Crippen LogP contribution in [0, 0.1) is 0 Å². The highest BCUT2D eigenvalue weighted by molar-refractivity contribution is 5.12. The minimum atomic E-state index is -0.457. The molecule has 0 radical (unpaired) electrons. The molecule has 2 heteroatoms. The van der Waals surface area contributed by atoms with Gasteiger partial charge in [-0.2, -0.15) is 0 Å². The molecule has 2 nitrogen and oxygen atoms in total. The van der Waals surface area contributed by atoms with Crippen LogP contribution in [-0.2, 0) is 0 Å². The first-order valence-electron chi connectivity index (χ1n) is 3.53. The highest BCUT2D eigenvalue weighted by Crippen LogP contribution is 2.14. The first-order chi connectivity index (χ1) is 5.34. The molecule has 1 atom stereocenters. The third-order valence-corrected chi connectivity index (χ3v) is 1.46. The average Bonchev–Trinajstić information content (AvgIpc) is 2.07. The van der Waals surface area contributed by atoms with Crippen molar-refractivity contribution in [1.29, 1.82) is 0 Å². The Morgan fingerprint density at radius 1 is 1.73 bits per heavy atom. The Bertz CT molecular complexity index is 220. The molecule has 1 aromatic heterocycles. The van der Waals surface area contributed by atoms with Crippen molar-refractivity contribution >= 4 is 0 Å². The molecular weight excluding hydrogens is 138 g/mol. The van der Waals surface area contributed by atoms with Crippen LogP contribution in [0.3, 0.4) is 0 Å². The molecule has 0 aliphatic carbocycles. The summed E-state index contributed by atoms with van der Waals surface area (Å²) in [5.74, 6) is 0. The molecule has 0 saturated heterocycles. The van der Waals surface area contributed by atoms with Gasteiger partial charge in [-0.1, -0.05) is 12.1 Å². The van der Waals surface area contributed by atoms with E-state index < -0.39 is 6.10 Å². The van der Waals surface area contributed by atoms with Crippen LogP contribution in [0.5, 0.6) is 0 Å². The zero-order valence-electron chi connectivity index (χ0n) is 6.27. The molecule has 1 N–H and O–H groups in total. The number of pyridine rings is 1. The second-order valence-corrected chi connectivity index (χ2v) is 2.33. The third kappa shape index (κ3) is 2.16. The molecule has 0 unspecified atom stereocenters. The standard InChI is InChI=1S/C9H11NO/c1-2-4-9(11)8-5-3-6-10-7-8/h2-3,5-7,9,11H,1,4H2/t9-/m0/s1. The van der Waals surface area contributed by atoms with Crippen LogP contribution in [0.2, 0.25) is 0 Å². The largest absolute Gasteiger partial charge is 0.388 e. The Labute approximate surface area is 66.2 Å². The zero-order chi connectivity index (χ0) is 8.10. The molecule has 0 fully saturated rings. The summed E-state index contributed by atoms with van der Waals surface area (Å²) in [5, 5.41) is 9.41. The average molecular weight is 149 g/mol. The predicted octanol–water partition coefficient (Wildman–Crippen LogP) is 1.69. The maximum absolute atomic E-state index is 9.41. The molecule has 11 heavy (non-hydrogen) atoms. The molecule has 0 saturated carbocycles. The van der Waals surface area contributed by atoms with E-state index in [1.54, 1.807) is 18.5 Å². The topological polar surface area (TPSA) is 33.1 Å². The predicted molar refractivity (Wildman–Crippen MR) is 44.0 cm³/mol. The van der Waals surface area contributed by atoms with Gasteiger partial charge in [0.1, 0.15) is 0 Å². The van der Waals surface area contributed by atoms with Crippen molar-refractivity contribution in [2.75, 3.05) is 0 Å². The van der Waals surface area contributed by atoms with Gasteiger partial charge < -0.3 is 5.11 Å². The number of nitrogens with zero attached hydrogens (tertiary/aromatic N) is 1. The lowest BCUT2D eigenvalue weighted by molar-refractivity contribution is 0.181. The molecule has 0 amide bonds. The van der Waals surface area contributed by atoms with Crippen molar-refractivity contribution < 1.29 is 5.11 Å². The molecule has 1 rings (SSSR count). The molecule has 0 aliphatic heterocycles. The summed E-state index contributed by atoms with van der Waals surface area (Å²) in [6, 6.07) is 3.66. The lowest BCUT2D eigenvalue weighted by Crippen LogP contribution is -1.95. The van der Waals surface area contributed by atoms with Crippen LogP contribution in [0.15, 0.2) is 37.2 Å². The molecule has 0 aromatic carbocycles. The van der Waals surface area contributed by atoms with Gasteiger partial charge in [-0.05, 0) is 18.1 Å². The fourth-order valence-corrected chi connectivity index (χ4v) is 0.867. The Balaban J connectivity index is 2.68. The molecule has 1 heterocycles. The van der Waals surface area contributed by atoms with E-state index in [0.29, 0.717) is 6.42 Å². The van der Waals surface area contributed by atoms with E-state index in [4.69, 9.17) is 0 Å². The van der Waals surface area contributed by atoms with Crippen molar-refractivity contribution in [2.24, 2.45) is 0 Å². The molecule has 0 bridgehead atoms. The Hall–Kier alpha value is -1.15. The van der Waals surface area contributed by atoms with Crippen LogP contribution >= 0.6 is 0 Å². The van der Waals surface area contributed by atoms with Gasteiger partial charge in [-0.25, -0.2) is 0 Å². The van der Waals surface area contributed by atoms with Gasteiger partial charge >= 0.3 is 0 Å². The highest BCUT2D eigenvalue weighted by Gasteiger charge is 2.02. The Kier molecular flexibility index (Phi) is 2.81. The molecule has 0 spiro atoms. The monoisotopic (exact) mass is 149 g/mol. The van der Waals surface area contributed by atoms with E-state index in [1.165, 1.54) is 0 Å². The minimum absolute atomic E-state index is 0.457. The lowest BCUT2D eigenvalue weighted by Gasteiger charge is -2.05. The normalized spacial score (nSPS) is 12.5. The first-order valence-corrected chi connectivity index (χ1v) is 3.53.